The highest BCUT2D eigenvalue weighted by molar-refractivity contribution is 7.98. The fourth-order valence-corrected chi connectivity index (χ4v) is 5.08. The van der Waals surface area contributed by atoms with Gasteiger partial charge in [0.1, 0.15) is 0 Å². The number of halogens is 1. The monoisotopic (exact) mass is 515 g/mol. The zero-order chi connectivity index (χ0) is 24.3. The number of carbonyl (C=O) groups is 1. The van der Waals surface area contributed by atoms with Gasteiger partial charge < -0.3 is 0 Å². The summed E-state index contributed by atoms with van der Waals surface area (Å²) in [6.07, 6.45) is 2.87. The normalized spacial score (nSPS) is 11.4. The molecular weight excluding hydrogens is 498 g/mol. The minimum absolute atomic E-state index is 0.0201. The number of anilines is 1. The Morgan fingerprint density at radius 2 is 1.74 bits per heavy atom. The number of aryl methyl sites for hydroxylation is 1. The maximum absolute atomic E-state index is 12.8. The molecule has 2 N–H and O–H groups in total. The zero-order valence-corrected chi connectivity index (χ0v) is 20.1. The lowest BCUT2D eigenvalue weighted by Crippen LogP contribution is -2.26. The van der Waals surface area contributed by atoms with Gasteiger partial charge in [-0.25, -0.2) is 23.1 Å². The SMILES string of the molecule is Cc1[nH]n(C(=O)c2ccc(Cl)cc2)c(=O)c1CSc1ccc(S(=O)(=O)Nc2ncccn2)cc1. The fraction of sp³-hybridized carbons (Fsp3) is 0.0909. The Morgan fingerprint density at radius 1 is 1.09 bits per heavy atom. The first kappa shape index (κ1) is 23.7. The second kappa shape index (κ2) is 9.84. The molecule has 0 unspecified atom stereocenters. The van der Waals surface area contributed by atoms with E-state index < -0.39 is 21.5 Å². The van der Waals surface area contributed by atoms with Crippen molar-refractivity contribution in [2.45, 2.75) is 22.5 Å². The molecule has 0 aliphatic rings. The van der Waals surface area contributed by atoms with Crippen LogP contribution in [0.5, 0.6) is 0 Å². The number of nitrogens with zero attached hydrogens (tertiary/aromatic N) is 3. The van der Waals surface area contributed by atoms with E-state index >= 15 is 0 Å². The molecule has 9 nitrogen and oxygen atoms in total. The predicted octanol–water partition coefficient (Wildman–Crippen LogP) is 3.71. The summed E-state index contributed by atoms with van der Waals surface area (Å²) in [5.41, 5.74) is 0.924. The minimum Gasteiger partial charge on any atom is -0.292 e. The van der Waals surface area contributed by atoms with E-state index in [4.69, 9.17) is 11.6 Å². The highest BCUT2D eigenvalue weighted by atomic mass is 35.5. The maximum Gasteiger partial charge on any atom is 0.279 e. The quantitative estimate of drug-likeness (QED) is 0.359. The predicted molar refractivity (Wildman–Crippen MR) is 130 cm³/mol. The molecule has 0 fully saturated rings. The zero-order valence-electron chi connectivity index (χ0n) is 17.7. The summed E-state index contributed by atoms with van der Waals surface area (Å²) >= 11 is 7.21. The summed E-state index contributed by atoms with van der Waals surface area (Å²) in [5, 5.41) is 3.32. The van der Waals surface area contributed by atoms with Crippen molar-refractivity contribution < 1.29 is 13.2 Å². The molecule has 174 valence electrons. The topological polar surface area (TPSA) is 127 Å². The second-order valence-corrected chi connectivity index (χ2v) is 10.3. The second-order valence-electron chi connectivity index (χ2n) is 7.11. The van der Waals surface area contributed by atoms with Crippen molar-refractivity contribution in [1.82, 2.24) is 19.7 Å². The van der Waals surface area contributed by atoms with Gasteiger partial charge in [0.05, 0.1) is 10.5 Å². The Morgan fingerprint density at radius 3 is 2.38 bits per heavy atom. The van der Waals surface area contributed by atoms with Gasteiger partial charge in [-0.3, -0.25) is 14.7 Å². The first-order valence-corrected chi connectivity index (χ1v) is 12.7. The van der Waals surface area contributed by atoms with Crippen LogP contribution in [0, 0.1) is 6.92 Å². The molecule has 4 aromatic rings. The summed E-state index contributed by atoms with van der Waals surface area (Å²) in [5.74, 6) is -0.205. The van der Waals surface area contributed by atoms with Gasteiger partial charge in [0.25, 0.3) is 21.5 Å². The summed E-state index contributed by atoms with van der Waals surface area (Å²) in [6.45, 7) is 1.72. The third kappa shape index (κ3) is 5.22. The van der Waals surface area contributed by atoms with Crippen LogP contribution >= 0.6 is 23.4 Å². The van der Waals surface area contributed by atoms with Gasteiger partial charge in [-0.05, 0) is 61.5 Å². The van der Waals surface area contributed by atoms with Crippen LogP contribution < -0.4 is 10.3 Å². The third-order valence-corrected chi connectivity index (χ3v) is 7.43. The maximum atomic E-state index is 12.8. The van der Waals surface area contributed by atoms with Crippen molar-refractivity contribution in [3.8, 4) is 0 Å². The average Bonchev–Trinajstić information content (AvgIpc) is 3.11. The standard InChI is InChI=1S/C22H18ClN5O4S2/c1-14-19(21(30)28(26-14)20(29)15-3-5-16(23)6-4-15)13-33-17-7-9-18(10-8-17)34(31,32)27-22-24-11-2-12-25-22/h2-12,26H,13H2,1H3,(H,24,25,27). The molecule has 0 saturated carbocycles. The molecule has 0 radical (unpaired) electrons. The first-order valence-electron chi connectivity index (χ1n) is 9.88. The molecule has 2 heterocycles. The molecule has 0 aliphatic heterocycles. The number of aromatic amines is 1. The van der Waals surface area contributed by atoms with Crippen LogP contribution in [-0.2, 0) is 15.8 Å². The van der Waals surface area contributed by atoms with Gasteiger partial charge >= 0.3 is 0 Å². The number of benzene rings is 2. The summed E-state index contributed by atoms with van der Waals surface area (Å²) in [7, 11) is -3.83. The number of hydrogen-bond donors (Lipinski definition) is 2. The van der Waals surface area contributed by atoms with Crippen molar-refractivity contribution in [1.29, 1.82) is 0 Å². The summed E-state index contributed by atoms with van der Waals surface area (Å²) < 4.78 is 28.3. The van der Waals surface area contributed by atoms with E-state index in [0.717, 1.165) is 9.58 Å². The number of carbonyl (C=O) groups excluding carboxylic acids is 1. The molecule has 0 aliphatic carbocycles. The Bertz CT molecular complexity index is 1480. The number of aromatic nitrogens is 4. The van der Waals surface area contributed by atoms with Crippen LogP contribution in [0.2, 0.25) is 5.02 Å². The molecule has 0 amide bonds. The number of H-pyrrole nitrogens is 1. The molecule has 2 aromatic carbocycles. The van der Waals surface area contributed by atoms with Gasteiger partial charge in [-0.2, -0.15) is 4.68 Å². The number of sulfonamides is 1. The number of hydrogen-bond acceptors (Lipinski definition) is 7. The lowest BCUT2D eigenvalue weighted by molar-refractivity contribution is 0.0941. The molecule has 0 spiro atoms. The highest BCUT2D eigenvalue weighted by Crippen LogP contribution is 2.24. The van der Waals surface area contributed by atoms with Gasteiger partial charge in [-0.1, -0.05) is 11.6 Å². The van der Waals surface area contributed by atoms with Crippen LogP contribution in [0.4, 0.5) is 5.95 Å². The molecule has 34 heavy (non-hydrogen) atoms. The van der Waals surface area contributed by atoms with Crippen molar-refractivity contribution in [2.24, 2.45) is 0 Å². The van der Waals surface area contributed by atoms with E-state index in [1.165, 1.54) is 36.3 Å². The van der Waals surface area contributed by atoms with Crippen molar-refractivity contribution >= 4 is 45.2 Å². The molecular formula is C22H18ClN5O4S2. The van der Waals surface area contributed by atoms with E-state index in [9.17, 15) is 18.0 Å². The van der Waals surface area contributed by atoms with Crippen LogP contribution in [0.1, 0.15) is 21.6 Å². The van der Waals surface area contributed by atoms with Crippen LogP contribution in [0.15, 0.2) is 81.6 Å². The highest BCUT2D eigenvalue weighted by Gasteiger charge is 2.19. The number of thioether (sulfide) groups is 1. The van der Waals surface area contributed by atoms with E-state index in [1.807, 2.05) is 0 Å². The first-order chi connectivity index (χ1) is 16.2. The average molecular weight is 516 g/mol. The molecule has 0 atom stereocenters. The van der Waals surface area contributed by atoms with Crippen LogP contribution in [-0.4, -0.2) is 34.1 Å². The molecule has 2 aromatic heterocycles. The van der Waals surface area contributed by atoms with Crippen LogP contribution in [0.3, 0.4) is 0 Å². The number of nitrogens with one attached hydrogen (secondary N) is 2. The van der Waals surface area contributed by atoms with Crippen molar-refractivity contribution in [3.05, 3.63) is 99.2 Å². The largest absolute Gasteiger partial charge is 0.292 e. The minimum atomic E-state index is -3.83. The molecule has 0 saturated heterocycles. The van der Waals surface area contributed by atoms with Gasteiger partial charge in [-0.15, -0.1) is 11.8 Å². The van der Waals surface area contributed by atoms with Gasteiger partial charge in [0.15, 0.2) is 0 Å². The Balaban J connectivity index is 1.46. The van der Waals surface area contributed by atoms with E-state index in [0.29, 0.717) is 27.6 Å². The molecule has 0 bridgehead atoms. The smallest absolute Gasteiger partial charge is 0.279 e. The lowest BCUT2D eigenvalue weighted by atomic mass is 10.2. The van der Waals surface area contributed by atoms with Crippen molar-refractivity contribution in [3.63, 3.8) is 0 Å². The van der Waals surface area contributed by atoms with Crippen molar-refractivity contribution in [2.75, 3.05) is 4.72 Å². The fourth-order valence-electron chi connectivity index (χ4n) is 3.02. The van der Waals surface area contributed by atoms with E-state index in [2.05, 4.69) is 19.8 Å². The Labute approximate surface area is 204 Å². The van der Waals surface area contributed by atoms with E-state index in [1.54, 1.807) is 49.4 Å². The molecule has 4 rings (SSSR count). The summed E-state index contributed by atoms with van der Waals surface area (Å²) in [4.78, 5) is 34.0. The Hall–Kier alpha value is -3.41. The van der Waals surface area contributed by atoms with E-state index in [-0.39, 0.29) is 10.8 Å². The number of rotatable bonds is 7. The van der Waals surface area contributed by atoms with Crippen LogP contribution in [0.25, 0.3) is 0 Å². The third-order valence-electron chi connectivity index (χ3n) is 4.80. The van der Waals surface area contributed by atoms with Gasteiger partial charge in [0, 0.05) is 39.3 Å². The Kier molecular flexibility index (Phi) is 6.87. The lowest BCUT2D eigenvalue weighted by Gasteiger charge is -2.07. The summed E-state index contributed by atoms with van der Waals surface area (Å²) in [6, 6.07) is 14.1. The van der Waals surface area contributed by atoms with Gasteiger partial charge in [0.2, 0.25) is 5.95 Å². The molecule has 12 heteroatoms.